The first kappa shape index (κ1) is 12.7. The van der Waals surface area contributed by atoms with Gasteiger partial charge in [0.1, 0.15) is 0 Å². The van der Waals surface area contributed by atoms with Crippen LogP contribution in [0.4, 0.5) is 5.69 Å². The third kappa shape index (κ3) is 2.66. The molecule has 0 spiro atoms. The summed E-state index contributed by atoms with van der Waals surface area (Å²) in [7, 11) is 0. The van der Waals surface area contributed by atoms with Gasteiger partial charge in [0.2, 0.25) is 5.91 Å². The molecule has 3 heteroatoms. The maximum atomic E-state index is 12.2. The molecule has 1 aromatic rings. The molecule has 19 heavy (non-hydrogen) atoms. The van der Waals surface area contributed by atoms with Crippen molar-refractivity contribution in [2.45, 2.75) is 45.1 Å². The van der Waals surface area contributed by atoms with Crippen molar-refractivity contribution < 1.29 is 4.79 Å². The van der Waals surface area contributed by atoms with Crippen molar-refractivity contribution in [3.63, 3.8) is 0 Å². The highest BCUT2D eigenvalue weighted by atomic mass is 16.2. The van der Waals surface area contributed by atoms with E-state index in [1.807, 2.05) is 13.0 Å². The predicted octanol–water partition coefficient (Wildman–Crippen LogP) is 2.60. The van der Waals surface area contributed by atoms with Gasteiger partial charge >= 0.3 is 0 Å². The second-order valence-electron chi connectivity index (χ2n) is 5.75. The van der Waals surface area contributed by atoms with Crippen molar-refractivity contribution in [1.29, 1.82) is 0 Å². The summed E-state index contributed by atoms with van der Waals surface area (Å²) < 4.78 is 0. The first-order chi connectivity index (χ1) is 9.24. The monoisotopic (exact) mass is 258 g/mol. The Morgan fingerprint density at radius 2 is 1.89 bits per heavy atom. The number of nitrogens with zero attached hydrogens (tertiary/aromatic N) is 1. The molecule has 1 aromatic carbocycles. The lowest BCUT2D eigenvalue weighted by molar-refractivity contribution is -0.120. The van der Waals surface area contributed by atoms with Gasteiger partial charge in [-0.15, -0.1) is 0 Å². The van der Waals surface area contributed by atoms with Crippen LogP contribution in [0.25, 0.3) is 0 Å². The van der Waals surface area contributed by atoms with Gasteiger partial charge in [-0.1, -0.05) is 6.07 Å². The van der Waals surface area contributed by atoms with Gasteiger partial charge in [0.15, 0.2) is 0 Å². The Labute approximate surface area is 115 Å². The molecule has 0 aromatic heterocycles. The number of likely N-dealkylation sites (tertiary alicyclic amines) is 1. The van der Waals surface area contributed by atoms with E-state index >= 15 is 0 Å². The fourth-order valence-electron chi connectivity index (χ4n) is 3.19. The van der Waals surface area contributed by atoms with Gasteiger partial charge in [-0.3, -0.25) is 9.69 Å². The zero-order valence-corrected chi connectivity index (χ0v) is 11.6. The second-order valence-corrected chi connectivity index (χ2v) is 5.75. The van der Waals surface area contributed by atoms with E-state index in [1.54, 1.807) is 0 Å². The van der Waals surface area contributed by atoms with Crippen LogP contribution in [0.3, 0.4) is 0 Å². The summed E-state index contributed by atoms with van der Waals surface area (Å²) in [6.07, 6.45) is 6.03. The lowest BCUT2D eigenvalue weighted by atomic mass is 10.1. The minimum absolute atomic E-state index is 0.0178. The highest BCUT2D eigenvalue weighted by Gasteiger charge is 2.24. The largest absolute Gasteiger partial charge is 0.325 e. The molecule has 3 nitrogen and oxygen atoms in total. The lowest BCUT2D eigenvalue weighted by Crippen LogP contribution is -2.40. The minimum atomic E-state index is -0.0178. The van der Waals surface area contributed by atoms with Crippen LogP contribution >= 0.6 is 0 Å². The van der Waals surface area contributed by atoms with Crippen LogP contribution < -0.4 is 5.32 Å². The van der Waals surface area contributed by atoms with Crippen LogP contribution in [0.15, 0.2) is 18.2 Å². The van der Waals surface area contributed by atoms with Crippen molar-refractivity contribution >= 4 is 11.6 Å². The zero-order valence-electron chi connectivity index (χ0n) is 11.6. The average Bonchev–Trinajstić information content (AvgIpc) is 3.08. The van der Waals surface area contributed by atoms with E-state index in [0.29, 0.717) is 0 Å². The standard InChI is InChI=1S/C16H22N2O/c1-12(18-9-2-3-10-18)16(19)17-15-8-7-13-5-4-6-14(13)11-15/h7-8,11-12H,2-6,9-10H2,1H3,(H,17,19)/t12-/m0/s1. The van der Waals surface area contributed by atoms with Crippen LogP contribution in [0.1, 0.15) is 37.3 Å². The van der Waals surface area contributed by atoms with Crippen molar-refractivity contribution in [1.82, 2.24) is 4.90 Å². The first-order valence-electron chi connectivity index (χ1n) is 7.41. The van der Waals surface area contributed by atoms with E-state index in [-0.39, 0.29) is 11.9 Å². The number of fused-ring (bicyclic) bond motifs is 1. The van der Waals surface area contributed by atoms with Crippen molar-refractivity contribution in [3.8, 4) is 0 Å². The number of carbonyl (C=O) groups is 1. The Hall–Kier alpha value is -1.35. The smallest absolute Gasteiger partial charge is 0.241 e. The van der Waals surface area contributed by atoms with Crippen molar-refractivity contribution in [3.05, 3.63) is 29.3 Å². The number of benzene rings is 1. The molecule has 1 fully saturated rings. The molecule has 0 bridgehead atoms. The molecule has 0 unspecified atom stereocenters. The predicted molar refractivity (Wildman–Crippen MR) is 77.4 cm³/mol. The summed E-state index contributed by atoms with van der Waals surface area (Å²) in [5.74, 6) is 0.125. The summed E-state index contributed by atoms with van der Waals surface area (Å²) in [6.45, 7) is 4.12. The molecule has 102 valence electrons. The SMILES string of the molecule is C[C@@H](C(=O)Nc1ccc2c(c1)CCC2)N1CCCC1. The van der Waals surface area contributed by atoms with Crippen molar-refractivity contribution in [2.75, 3.05) is 18.4 Å². The molecule has 1 heterocycles. The quantitative estimate of drug-likeness (QED) is 0.904. The number of anilines is 1. The van der Waals surface area contributed by atoms with E-state index in [0.717, 1.165) is 25.2 Å². The zero-order chi connectivity index (χ0) is 13.2. The van der Waals surface area contributed by atoms with E-state index < -0.39 is 0 Å². The van der Waals surface area contributed by atoms with Crippen LogP contribution in [0.5, 0.6) is 0 Å². The molecular weight excluding hydrogens is 236 g/mol. The van der Waals surface area contributed by atoms with Gasteiger partial charge in [-0.05, 0) is 75.4 Å². The summed E-state index contributed by atoms with van der Waals surface area (Å²) in [6, 6.07) is 6.34. The maximum absolute atomic E-state index is 12.2. The number of aryl methyl sites for hydroxylation is 2. The van der Waals surface area contributed by atoms with E-state index in [4.69, 9.17) is 0 Å². The number of amides is 1. The van der Waals surface area contributed by atoms with E-state index in [9.17, 15) is 4.79 Å². The average molecular weight is 258 g/mol. The normalized spacial score (nSPS) is 20.3. The molecule has 0 saturated carbocycles. The van der Waals surface area contributed by atoms with Gasteiger partial charge in [0.05, 0.1) is 6.04 Å². The Morgan fingerprint density at radius 1 is 1.16 bits per heavy atom. The first-order valence-corrected chi connectivity index (χ1v) is 7.41. The molecule has 3 rings (SSSR count). The van der Waals surface area contributed by atoms with E-state index in [2.05, 4.69) is 22.3 Å². The Balaban J connectivity index is 1.65. The molecule has 1 atom stereocenters. The van der Waals surface area contributed by atoms with Crippen molar-refractivity contribution in [2.24, 2.45) is 0 Å². The third-order valence-electron chi connectivity index (χ3n) is 4.43. The summed E-state index contributed by atoms with van der Waals surface area (Å²) >= 11 is 0. The molecule has 1 aliphatic carbocycles. The molecule has 1 N–H and O–H groups in total. The van der Waals surface area contributed by atoms with Gasteiger partial charge < -0.3 is 5.32 Å². The van der Waals surface area contributed by atoms with Gasteiger partial charge in [0.25, 0.3) is 0 Å². The Bertz CT molecular complexity index is 478. The number of nitrogens with one attached hydrogen (secondary N) is 1. The van der Waals surface area contributed by atoms with Crippen LogP contribution in [-0.4, -0.2) is 29.9 Å². The van der Waals surface area contributed by atoms with Crippen LogP contribution in [0, 0.1) is 0 Å². The topological polar surface area (TPSA) is 32.3 Å². The maximum Gasteiger partial charge on any atom is 0.241 e. The second kappa shape index (κ2) is 5.33. The fraction of sp³-hybridized carbons (Fsp3) is 0.562. The molecule has 1 amide bonds. The summed E-state index contributed by atoms with van der Waals surface area (Å²) in [5, 5.41) is 3.07. The van der Waals surface area contributed by atoms with Crippen LogP contribution in [-0.2, 0) is 17.6 Å². The summed E-state index contributed by atoms with van der Waals surface area (Å²) in [5.41, 5.74) is 3.81. The number of hydrogen-bond acceptors (Lipinski definition) is 2. The number of carbonyl (C=O) groups excluding carboxylic acids is 1. The lowest BCUT2D eigenvalue weighted by Gasteiger charge is -2.22. The number of rotatable bonds is 3. The number of hydrogen-bond donors (Lipinski definition) is 1. The molecular formula is C16H22N2O. The van der Waals surface area contributed by atoms with Crippen LogP contribution in [0.2, 0.25) is 0 Å². The van der Waals surface area contributed by atoms with E-state index in [1.165, 1.54) is 36.8 Å². The Morgan fingerprint density at radius 3 is 2.68 bits per heavy atom. The third-order valence-corrected chi connectivity index (χ3v) is 4.43. The van der Waals surface area contributed by atoms with Gasteiger partial charge in [-0.2, -0.15) is 0 Å². The van der Waals surface area contributed by atoms with Gasteiger partial charge in [-0.25, -0.2) is 0 Å². The molecule has 1 aliphatic heterocycles. The Kier molecular flexibility index (Phi) is 3.56. The van der Waals surface area contributed by atoms with Gasteiger partial charge in [0, 0.05) is 5.69 Å². The molecule has 1 saturated heterocycles. The molecule has 2 aliphatic rings. The highest BCUT2D eigenvalue weighted by Crippen LogP contribution is 2.25. The summed E-state index contributed by atoms with van der Waals surface area (Å²) in [4.78, 5) is 14.5. The highest BCUT2D eigenvalue weighted by molar-refractivity contribution is 5.94. The molecule has 0 radical (unpaired) electrons. The fourth-order valence-corrected chi connectivity index (χ4v) is 3.19. The minimum Gasteiger partial charge on any atom is -0.325 e.